The van der Waals surface area contributed by atoms with E-state index in [4.69, 9.17) is 0 Å². The lowest BCUT2D eigenvalue weighted by atomic mass is 9.96. The van der Waals surface area contributed by atoms with Gasteiger partial charge in [-0.15, -0.1) is 0 Å². The number of carboxylic acid groups (broad SMARTS) is 1. The molecule has 6 nitrogen and oxygen atoms in total. The van der Waals surface area contributed by atoms with Crippen LogP contribution in [0.5, 0.6) is 0 Å². The summed E-state index contributed by atoms with van der Waals surface area (Å²) in [7, 11) is 0. The fourth-order valence-corrected chi connectivity index (χ4v) is 3.16. The van der Waals surface area contributed by atoms with E-state index in [-0.39, 0.29) is 17.4 Å². The summed E-state index contributed by atoms with van der Waals surface area (Å²) in [5, 5.41) is 9.25. The Balaban J connectivity index is 2.05. The summed E-state index contributed by atoms with van der Waals surface area (Å²) in [6, 6.07) is 3.21. The van der Waals surface area contributed by atoms with Gasteiger partial charge in [-0.3, -0.25) is 14.7 Å². The van der Waals surface area contributed by atoms with Gasteiger partial charge in [-0.1, -0.05) is 0 Å². The van der Waals surface area contributed by atoms with Gasteiger partial charge in [0.1, 0.15) is 0 Å². The molecular weight excluding hydrogens is 294 g/mol. The Morgan fingerprint density at radius 3 is 2.78 bits per heavy atom. The van der Waals surface area contributed by atoms with Crippen LogP contribution >= 0.6 is 0 Å². The van der Waals surface area contributed by atoms with Gasteiger partial charge in [-0.2, -0.15) is 0 Å². The van der Waals surface area contributed by atoms with Gasteiger partial charge in [-0.25, -0.2) is 4.79 Å². The number of nitrogens with zero attached hydrogens (tertiary/aromatic N) is 3. The van der Waals surface area contributed by atoms with Gasteiger partial charge >= 0.3 is 5.97 Å². The fraction of sp³-hybridized carbons (Fsp3) is 0.588. The van der Waals surface area contributed by atoms with Crippen molar-refractivity contribution in [2.24, 2.45) is 5.92 Å². The van der Waals surface area contributed by atoms with E-state index in [1.165, 1.54) is 0 Å². The zero-order chi connectivity index (χ0) is 16.8. The number of aromatic nitrogens is 1. The number of piperidine rings is 1. The molecular formula is C17H25N3O3. The van der Waals surface area contributed by atoms with Crippen LogP contribution in [-0.2, 0) is 11.3 Å². The standard InChI is InChI=1S/C17H25N3O3/c1-3-20(4-2)16(21)13-7-6-10-19(11-13)12-15-14(17(22)23)8-5-9-18-15/h5,8-9,13H,3-4,6-7,10-12H2,1-2H3,(H,22,23)/t13-/m0/s1. The molecule has 2 rings (SSSR count). The van der Waals surface area contributed by atoms with Crippen LogP contribution in [-0.4, -0.2) is 57.9 Å². The van der Waals surface area contributed by atoms with Crippen molar-refractivity contribution in [3.05, 3.63) is 29.6 Å². The highest BCUT2D eigenvalue weighted by molar-refractivity contribution is 5.88. The maximum absolute atomic E-state index is 12.5. The highest BCUT2D eigenvalue weighted by Gasteiger charge is 2.29. The first-order valence-corrected chi connectivity index (χ1v) is 8.25. The Hall–Kier alpha value is -1.95. The number of hydrogen-bond donors (Lipinski definition) is 1. The molecule has 1 fully saturated rings. The fourth-order valence-electron chi connectivity index (χ4n) is 3.16. The van der Waals surface area contributed by atoms with Crippen molar-refractivity contribution in [1.82, 2.24) is 14.8 Å². The van der Waals surface area contributed by atoms with Gasteiger partial charge in [-0.05, 0) is 45.4 Å². The molecule has 0 radical (unpaired) electrons. The zero-order valence-corrected chi connectivity index (χ0v) is 13.9. The molecule has 1 atom stereocenters. The topological polar surface area (TPSA) is 73.7 Å². The quantitative estimate of drug-likeness (QED) is 0.866. The zero-order valence-electron chi connectivity index (χ0n) is 13.9. The van der Waals surface area contributed by atoms with Crippen LogP contribution in [0.25, 0.3) is 0 Å². The van der Waals surface area contributed by atoms with Gasteiger partial charge in [0.2, 0.25) is 5.91 Å². The molecule has 1 saturated heterocycles. The van der Waals surface area contributed by atoms with Crippen LogP contribution in [0.1, 0.15) is 42.7 Å². The third-order valence-electron chi connectivity index (χ3n) is 4.42. The second kappa shape index (κ2) is 8.06. The van der Waals surface area contributed by atoms with Crippen LogP contribution in [0.4, 0.5) is 0 Å². The van der Waals surface area contributed by atoms with Gasteiger partial charge in [0.05, 0.1) is 17.2 Å². The number of amides is 1. The number of carbonyl (C=O) groups excluding carboxylic acids is 1. The van der Waals surface area contributed by atoms with Gasteiger partial charge in [0.15, 0.2) is 0 Å². The van der Waals surface area contributed by atoms with E-state index in [1.54, 1.807) is 18.3 Å². The average molecular weight is 319 g/mol. The number of pyridine rings is 1. The van der Waals surface area contributed by atoms with Crippen molar-refractivity contribution in [2.75, 3.05) is 26.2 Å². The summed E-state index contributed by atoms with van der Waals surface area (Å²) in [5.74, 6) is -0.749. The van der Waals surface area contributed by atoms with Crippen molar-refractivity contribution < 1.29 is 14.7 Å². The smallest absolute Gasteiger partial charge is 0.337 e. The van der Waals surface area contributed by atoms with E-state index in [1.807, 2.05) is 18.7 Å². The third-order valence-corrected chi connectivity index (χ3v) is 4.42. The molecule has 6 heteroatoms. The van der Waals surface area contributed by atoms with E-state index < -0.39 is 5.97 Å². The first kappa shape index (κ1) is 17.4. The molecule has 1 aliphatic heterocycles. The first-order chi connectivity index (χ1) is 11.1. The van der Waals surface area contributed by atoms with Crippen LogP contribution in [0, 0.1) is 5.92 Å². The largest absolute Gasteiger partial charge is 0.478 e. The van der Waals surface area contributed by atoms with Gasteiger partial charge < -0.3 is 10.0 Å². The van der Waals surface area contributed by atoms with E-state index in [0.717, 1.165) is 32.5 Å². The summed E-state index contributed by atoms with van der Waals surface area (Å²) in [6.07, 6.45) is 3.47. The highest BCUT2D eigenvalue weighted by atomic mass is 16.4. The Morgan fingerprint density at radius 1 is 1.39 bits per heavy atom. The lowest BCUT2D eigenvalue weighted by molar-refractivity contribution is -0.137. The number of rotatable bonds is 6. The predicted molar refractivity (Wildman–Crippen MR) is 87.1 cm³/mol. The second-order valence-corrected chi connectivity index (χ2v) is 5.89. The monoisotopic (exact) mass is 319 g/mol. The van der Waals surface area contributed by atoms with E-state index in [9.17, 15) is 14.7 Å². The minimum absolute atomic E-state index is 0.000593. The minimum atomic E-state index is -0.958. The summed E-state index contributed by atoms with van der Waals surface area (Å²) in [5.41, 5.74) is 0.806. The summed E-state index contributed by atoms with van der Waals surface area (Å²) < 4.78 is 0. The molecule has 0 bridgehead atoms. The Labute approximate surface area is 137 Å². The van der Waals surface area contributed by atoms with Gasteiger partial charge in [0, 0.05) is 32.4 Å². The van der Waals surface area contributed by atoms with Gasteiger partial charge in [0.25, 0.3) is 0 Å². The number of hydrogen-bond acceptors (Lipinski definition) is 4. The van der Waals surface area contributed by atoms with Crippen molar-refractivity contribution in [1.29, 1.82) is 0 Å². The molecule has 23 heavy (non-hydrogen) atoms. The Kier molecular flexibility index (Phi) is 6.10. The molecule has 0 spiro atoms. The summed E-state index contributed by atoms with van der Waals surface area (Å²) in [6.45, 7) is 7.47. The van der Waals surface area contributed by atoms with Crippen LogP contribution < -0.4 is 0 Å². The second-order valence-electron chi connectivity index (χ2n) is 5.89. The van der Waals surface area contributed by atoms with Crippen LogP contribution in [0.15, 0.2) is 18.3 Å². The average Bonchev–Trinajstić information content (AvgIpc) is 2.56. The Bertz CT molecular complexity index is 558. The van der Waals surface area contributed by atoms with Crippen molar-refractivity contribution in [3.63, 3.8) is 0 Å². The highest BCUT2D eigenvalue weighted by Crippen LogP contribution is 2.21. The molecule has 2 heterocycles. The normalized spacial score (nSPS) is 18.6. The number of aromatic carboxylic acids is 1. The molecule has 1 aromatic heterocycles. The molecule has 0 aliphatic carbocycles. The molecule has 1 aromatic rings. The lowest BCUT2D eigenvalue weighted by Gasteiger charge is -2.34. The maximum atomic E-state index is 12.5. The molecule has 0 aromatic carbocycles. The SMILES string of the molecule is CCN(CC)C(=O)[C@H]1CCCN(Cc2ncccc2C(=O)O)C1. The van der Waals surface area contributed by atoms with E-state index >= 15 is 0 Å². The number of carbonyl (C=O) groups is 2. The van der Waals surface area contributed by atoms with E-state index in [0.29, 0.717) is 18.8 Å². The molecule has 0 saturated carbocycles. The lowest BCUT2D eigenvalue weighted by Crippen LogP contribution is -2.44. The number of likely N-dealkylation sites (tertiary alicyclic amines) is 1. The van der Waals surface area contributed by atoms with Crippen LogP contribution in [0.3, 0.4) is 0 Å². The van der Waals surface area contributed by atoms with Crippen molar-refractivity contribution >= 4 is 11.9 Å². The minimum Gasteiger partial charge on any atom is -0.478 e. The van der Waals surface area contributed by atoms with Crippen LogP contribution in [0.2, 0.25) is 0 Å². The van der Waals surface area contributed by atoms with Crippen molar-refractivity contribution in [3.8, 4) is 0 Å². The third kappa shape index (κ3) is 4.28. The molecule has 1 aliphatic rings. The number of carboxylic acids is 1. The summed E-state index contributed by atoms with van der Waals surface area (Å²) >= 11 is 0. The molecule has 0 unspecified atom stereocenters. The molecule has 1 N–H and O–H groups in total. The van der Waals surface area contributed by atoms with E-state index in [2.05, 4.69) is 9.88 Å². The van der Waals surface area contributed by atoms with Crippen molar-refractivity contribution in [2.45, 2.75) is 33.2 Å². The molecule has 1 amide bonds. The maximum Gasteiger partial charge on any atom is 0.337 e. The Morgan fingerprint density at radius 2 is 2.13 bits per heavy atom. The summed E-state index contributed by atoms with van der Waals surface area (Å²) in [4.78, 5) is 32.0. The molecule has 126 valence electrons. The predicted octanol–water partition coefficient (Wildman–Crippen LogP) is 1.86. The first-order valence-electron chi connectivity index (χ1n) is 8.25.